The van der Waals surface area contributed by atoms with Crippen LogP contribution in [0.4, 0.5) is 0 Å². The third kappa shape index (κ3) is 6.15. The molecule has 0 aromatic rings. The number of hydrogen-bond acceptors (Lipinski definition) is 5. The van der Waals surface area contributed by atoms with Gasteiger partial charge in [0, 0.05) is 7.11 Å². The maximum absolute atomic E-state index is 10.3. The quantitative estimate of drug-likeness (QED) is 0.380. The van der Waals surface area contributed by atoms with Gasteiger partial charge in [-0.05, 0) is 95.3 Å². The minimum Gasteiger partial charge on any atom is -0.390 e. The number of ether oxygens (including phenoxy) is 2. The molecule has 0 aromatic carbocycles. The van der Waals surface area contributed by atoms with Crippen LogP contribution < -0.4 is 0 Å². The monoisotopic (exact) mass is 478 g/mol. The predicted octanol–water partition coefficient (Wildman–Crippen LogP) is 5.53. The van der Waals surface area contributed by atoms with Crippen molar-refractivity contribution in [3.63, 3.8) is 0 Å². The second-order valence-electron chi connectivity index (χ2n) is 12.5. The van der Waals surface area contributed by atoms with Crippen molar-refractivity contribution in [2.75, 3.05) is 13.9 Å². The molecule has 6 atom stereocenters. The van der Waals surface area contributed by atoms with Gasteiger partial charge in [0.1, 0.15) is 12.4 Å². The van der Waals surface area contributed by atoms with E-state index in [-0.39, 0.29) is 5.60 Å². The van der Waals surface area contributed by atoms with Crippen LogP contribution in [0.5, 0.6) is 0 Å². The normalized spacial score (nSPS) is 38.7. The van der Waals surface area contributed by atoms with Gasteiger partial charge in [-0.2, -0.15) is 0 Å². The van der Waals surface area contributed by atoms with Crippen LogP contribution in [0, 0.1) is 23.2 Å². The molecule has 0 saturated heterocycles. The molecule has 3 aliphatic carbocycles. The van der Waals surface area contributed by atoms with Crippen LogP contribution >= 0.6 is 0 Å². The van der Waals surface area contributed by atoms with E-state index in [0.717, 1.165) is 24.3 Å². The van der Waals surface area contributed by atoms with Gasteiger partial charge < -0.3 is 24.8 Å². The number of methoxy groups -OCH3 is 1. The zero-order valence-electron chi connectivity index (χ0n) is 22.5. The maximum atomic E-state index is 10.3. The summed E-state index contributed by atoms with van der Waals surface area (Å²) in [6.45, 7) is 11.2. The third-order valence-electron chi connectivity index (χ3n) is 9.52. The molecule has 0 spiro atoms. The second kappa shape index (κ2) is 11.1. The summed E-state index contributed by atoms with van der Waals surface area (Å²) < 4.78 is 10.9. The lowest BCUT2D eigenvalue weighted by Gasteiger charge is -2.44. The summed E-state index contributed by atoms with van der Waals surface area (Å²) in [7, 11) is 1.67. The summed E-state index contributed by atoms with van der Waals surface area (Å²) >= 11 is 0. The Morgan fingerprint density at radius 1 is 1.12 bits per heavy atom. The topological polar surface area (TPSA) is 79.2 Å². The number of aliphatic hydroxyl groups is 3. The number of allylic oxidation sites excluding steroid dienone is 3. The van der Waals surface area contributed by atoms with Crippen molar-refractivity contribution in [1.82, 2.24) is 0 Å². The first-order valence-corrected chi connectivity index (χ1v) is 13.5. The summed E-state index contributed by atoms with van der Waals surface area (Å²) in [5.74, 6) is 2.09. The zero-order chi connectivity index (χ0) is 25.1. The van der Waals surface area contributed by atoms with Crippen LogP contribution in [0.3, 0.4) is 0 Å². The van der Waals surface area contributed by atoms with Crippen LogP contribution in [0.2, 0.25) is 0 Å². The molecule has 0 heterocycles. The van der Waals surface area contributed by atoms with E-state index in [1.807, 2.05) is 0 Å². The molecular formula is C29H50O5. The van der Waals surface area contributed by atoms with E-state index < -0.39 is 17.8 Å². The number of hydrogen-bond donors (Lipinski definition) is 3. The minimum absolute atomic E-state index is 0.139. The van der Waals surface area contributed by atoms with Gasteiger partial charge in [0.15, 0.2) is 0 Å². The van der Waals surface area contributed by atoms with Crippen molar-refractivity contribution in [2.24, 2.45) is 23.2 Å². The Kier molecular flexibility index (Phi) is 9.12. The van der Waals surface area contributed by atoms with Crippen LogP contribution in [0.1, 0.15) is 98.8 Å². The Labute approximate surface area is 207 Å². The van der Waals surface area contributed by atoms with Crippen molar-refractivity contribution < 1.29 is 24.8 Å². The molecule has 0 aromatic heterocycles. The van der Waals surface area contributed by atoms with Gasteiger partial charge in [0.2, 0.25) is 0 Å². The molecule has 0 aliphatic heterocycles. The predicted molar refractivity (Wildman–Crippen MR) is 136 cm³/mol. The van der Waals surface area contributed by atoms with Gasteiger partial charge >= 0.3 is 0 Å². The molecule has 3 rings (SSSR count). The first-order chi connectivity index (χ1) is 15.9. The highest BCUT2D eigenvalue weighted by molar-refractivity contribution is 5.27. The van der Waals surface area contributed by atoms with E-state index in [2.05, 4.69) is 39.8 Å². The SMILES string of the molecule is COCOC(C)(C)CCC[C@@H](C)[C@H]1CC[C@H]2/C(=C/C=C3C[C@@H](O)C(C)(O)[C@H](O)C3)CCC[C@]12C. The molecule has 0 bridgehead atoms. The largest absolute Gasteiger partial charge is 0.390 e. The molecular weight excluding hydrogens is 428 g/mol. The van der Waals surface area contributed by atoms with E-state index in [1.165, 1.54) is 45.4 Å². The average Bonchev–Trinajstić information content (AvgIpc) is 3.12. The first kappa shape index (κ1) is 27.9. The fourth-order valence-electron chi connectivity index (χ4n) is 7.13. The van der Waals surface area contributed by atoms with E-state index in [9.17, 15) is 15.3 Å². The number of aliphatic hydroxyl groups excluding tert-OH is 2. The van der Waals surface area contributed by atoms with Crippen molar-refractivity contribution in [3.05, 3.63) is 23.3 Å². The third-order valence-corrected chi connectivity index (χ3v) is 9.52. The van der Waals surface area contributed by atoms with E-state index in [1.54, 1.807) is 12.7 Å². The number of rotatable bonds is 9. The van der Waals surface area contributed by atoms with Crippen molar-refractivity contribution in [2.45, 2.75) is 122 Å². The zero-order valence-corrected chi connectivity index (χ0v) is 22.5. The van der Waals surface area contributed by atoms with Crippen LogP contribution in [0.25, 0.3) is 0 Å². The maximum Gasteiger partial charge on any atom is 0.147 e. The van der Waals surface area contributed by atoms with Crippen LogP contribution in [0.15, 0.2) is 23.3 Å². The average molecular weight is 479 g/mol. The molecule has 3 fully saturated rings. The van der Waals surface area contributed by atoms with Crippen LogP contribution in [-0.4, -0.2) is 52.6 Å². The van der Waals surface area contributed by atoms with Gasteiger partial charge in [0.05, 0.1) is 17.8 Å². The molecule has 5 heteroatoms. The van der Waals surface area contributed by atoms with Gasteiger partial charge in [-0.3, -0.25) is 0 Å². The minimum atomic E-state index is -1.42. The molecule has 0 amide bonds. The van der Waals surface area contributed by atoms with E-state index in [4.69, 9.17) is 9.47 Å². The fraction of sp³-hybridized carbons (Fsp3) is 0.862. The van der Waals surface area contributed by atoms with Gasteiger partial charge in [0.25, 0.3) is 0 Å². The Bertz CT molecular complexity index is 723. The van der Waals surface area contributed by atoms with Gasteiger partial charge in [-0.1, -0.05) is 50.0 Å². The fourth-order valence-corrected chi connectivity index (χ4v) is 7.13. The van der Waals surface area contributed by atoms with Crippen molar-refractivity contribution >= 4 is 0 Å². The summed E-state index contributed by atoms with van der Waals surface area (Å²) in [5.41, 5.74) is 1.38. The smallest absolute Gasteiger partial charge is 0.147 e. The first-order valence-electron chi connectivity index (χ1n) is 13.5. The summed E-state index contributed by atoms with van der Waals surface area (Å²) in [4.78, 5) is 0. The molecule has 0 radical (unpaired) electrons. The summed E-state index contributed by atoms with van der Waals surface area (Å²) in [5, 5.41) is 30.8. The van der Waals surface area contributed by atoms with Gasteiger partial charge in [-0.15, -0.1) is 0 Å². The lowest BCUT2D eigenvalue weighted by atomic mass is 9.60. The molecule has 3 N–H and O–H groups in total. The standard InChI is InChI=1S/C29H50O5/c1-20(9-7-15-27(2,3)34-19-33-6)23-13-14-24-22(10-8-16-28(23,24)4)12-11-21-17-25(30)29(5,32)26(31)18-21/h11-12,20,23-26,30-32H,7-10,13-19H2,1-6H3/b21-11?,22-12+/t20-,23-,24+,25-,26-,28-,29?/m1/s1. The van der Waals surface area contributed by atoms with Crippen molar-refractivity contribution in [3.8, 4) is 0 Å². The molecule has 0 unspecified atom stereocenters. The highest BCUT2D eigenvalue weighted by atomic mass is 16.7. The lowest BCUT2D eigenvalue weighted by Crippen LogP contribution is -2.52. The van der Waals surface area contributed by atoms with Gasteiger partial charge in [-0.25, -0.2) is 0 Å². The number of fused-ring (bicyclic) bond motifs is 1. The molecule has 34 heavy (non-hydrogen) atoms. The molecule has 3 saturated carbocycles. The second-order valence-corrected chi connectivity index (χ2v) is 12.5. The van der Waals surface area contributed by atoms with Crippen LogP contribution in [-0.2, 0) is 9.47 Å². The Morgan fingerprint density at radius 2 is 1.79 bits per heavy atom. The lowest BCUT2D eigenvalue weighted by molar-refractivity contribution is -0.144. The van der Waals surface area contributed by atoms with Crippen molar-refractivity contribution in [1.29, 1.82) is 0 Å². The van der Waals surface area contributed by atoms with E-state index in [0.29, 0.717) is 36.9 Å². The molecule has 3 aliphatic rings. The highest BCUT2D eigenvalue weighted by Gasteiger charge is 2.50. The summed E-state index contributed by atoms with van der Waals surface area (Å²) in [6, 6.07) is 0. The Balaban J connectivity index is 1.62. The molecule has 196 valence electrons. The molecule has 5 nitrogen and oxygen atoms in total. The Morgan fingerprint density at radius 3 is 2.44 bits per heavy atom. The highest BCUT2D eigenvalue weighted by Crippen LogP contribution is 2.60. The Hall–Kier alpha value is -0.720. The van der Waals surface area contributed by atoms with E-state index >= 15 is 0 Å². The summed E-state index contributed by atoms with van der Waals surface area (Å²) in [6.07, 6.45) is 13.2.